The van der Waals surface area contributed by atoms with Gasteiger partial charge in [-0.05, 0) is 49.2 Å². The minimum absolute atomic E-state index is 0.244. The molecule has 0 aliphatic heterocycles. The van der Waals surface area contributed by atoms with E-state index in [4.69, 9.17) is 10.5 Å². The van der Waals surface area contributed by atoms with Gasteiger partial charge in [0.15, 0.2) is 0 Å². The normalized spacial score (nSPS) is 9.90. The van der Waals surface area contributed by atoms with Crippen molar-refractivity contribution in [2.24, 2.45) is 5.73 Å². The van der Waals surface area contributed by atoms with Gasteiger partial charge >= 0.3 is 0 Å². The smallest absolute Gasteiger partial charge is 0.124 e. The first-order chi connectivity index (χ1) is 10.1. The molecular formula is C18H18FNO. The monoisotopic (exact) mass is 283 g/mol. The fourth-order valence-corrected chi connectivity index (χ4v) is 2.11. The summed E-state index contributed by atoms with van der Waals surface area (Å²) in [6.07, 6.45) is 0. The molecule has 2 aromatic rings. The Bertz CT molecular complexity index is 678. The highest BCUT2D eigenvalue weighted by molar-refractivity contribution is 5.42. The van der Waals surface area contributed by atoms with Crippen molar-refractivity contribution in [3.05, 3.63) is 64.5 Å². The molecule has 0 aliphatic rings. The molecule has 0 aliphatic carbocycles. The van der Waals surface area contributed by atoms with Crippen molar-refractivity contribution in [1.29, 1.82) is 0 Å². The predicted molar refractivity (Wildman–Crippen MR) is 82.6 cm³/mol. The number of aryl methyl sites for hydroxylation is 2. The molecule has 0 atom stereocenters. The van der Waals surface area contributed by atoms with Gasteiger partial charge in [0.05, 0.1) is 6.54 Å². The third-order valence-electron chi connectivity index (χ3n) is 2.99. The largest absolute Gasteiger partial charge is 0.489 e. The van der Waals surface area contributed by atoms with Crippen LogP contribution in [0.3, 0.4) is 0 Å². The molecule has 108 valence electrons. The Morgan fingerprint density at radius 2 is 1.81 bits per heavy atom. The Balaban J connectivity index is 2.19. The summed E-state index contributed by atoms with van der Waals surface area (Å²) in [7, 11) is 0. The van der Waals surface area contributed by atoms with Crippen LogP contribution in [0.5, 0.6) is 5.75 Å². The van der Waals surface area contributed by atoms with E-state index in [2.05, 4.69) is 17.9 Å². The van der Waals surface area contributed by atoms with Crippen LogP contribution in [0.15, 0.2) is 36.4 Å². The van der Waals surface area contributed by atoms with Crippen LogP contribution >= 0.6 is 0 Å². The lowest BCUT2D eigenvalue weighted by molar-refractivity contribution is 0.305. The minimum atomic E-state index is -0.313. The van der Waals surface area contributed by atoms with Gasteiger partial charge in [0.1, 0.15) is 18.2 Å². The highest BCUT2D eigenvalue weighted by Gasteiger charge is 2.04. The van der Waals surface area contributed by atoms with Gasteiger partial charge in [-0.3, -0.25) is 0 Å². The molecule has 2 N–H and O–H groups in total. The Morgan fingerprint density at radius 3 is 2.48 bits per heavy atom. The number of rotatable bonds is 3. The van der Waals surface area contributed by atoms with Crippen LogP contribution in [0.1, 0.15) is 22.3 Å². The molecule has 2 rings (SSSR count). The van der Waals surface area contributed by atoms with Crippen LogP contribution in [-0.2, 0) is 6.61 Å². The molecule has 0 bridgehead atoms. The summed E-state index contributed by atoms with van der Waals surface area (Å²) in [5.41, 5.74) is 9.11. The Kier molecular flexibility index (Phi) is 4.97. The fourth-order valence-electron chi connectivity index (χ4n) is 2.11. The van der Waals surface area contributed by atoms with Gasteiger partial charge in [-0.2, -0.15) is 0 Å². The van der Waals surface area contributed by atoms with Gasteiger partial charge in [-0.15, -0.1) is 0 Å². The van der Waals surface area contributed by atoms with Gasteiger partial charge in [-0.1, -0.05) is 24.0 Å². The second-order valence-electron chi connectivity index (χ2n) is 4.92. The molecule has 0 spiro atoms. The standard InChI is InChI=1S/C18H18FNO/c1-13-8-14(2)10-18(9-13)21-12-16-5-6-17(19)11-15(16)4-3-7-20/h5-6,8-11H,7,12,20H2,1-2H3. The van der Waals surface area contributed by atoms with Crippen LogP contribution in [-0.4, -0.2) is 6.54 Å². The summed E-state index contributed by atoms with van der Waals surface area (Å²) in [4.78, 5) is 0. The summed E-state index contributed by atoms with van der Waals surface area (Å²) in [5.74, 6) is 6.11. The quantitative estimate of drug-likeness (QED) is 0.877. The maximum absolute atomic E-state index is 13.3. The van der Waals surface area contributed by atoms with E-state index in [0.29, 0.717) is 12.2 Å². The van der Waals surface area contributed by atoms with Gasteiger partial charge in [-0.25, -0.2) is 4.39 Å². The molecule has 0 saturated heterocycles. The maximum atomic E-state index is 13.3. The first kappa shape index (κ1) is 15.1. The number of benzene rings is 2. The highest BCUT2D eigenvalue weighted by Crippen LogP contribution is 2.19. The third-order valence-corrected chi connectivity index (χ3v) is 2.99. The number of halogens is 1. The van der Waals surface area contributed by atoms with Crippen LogP contribution in [0, 0.1) is 31.5 Å². The summed E-state index contributed by atoms with van der Waals surface area (Å²) in [6, 6.07) is 10.5. The summed E-state index contributed by atoms with van der Waals surface area (Å²) >= 11 is 0. The molecule has 21 heavy (non-hydrogen) atoms. The average molecular weight is 283 g/mol. The molecule has 0 heterocycles. The molecule has 2 aromatic carbocycles. The van der Waals surface area contributed by atoms with Gasteiger partial charge < -0.3 is 10.5 Å². The Morgan fingerprint density at radius 1 is 1.10 bits per heavy atom. The first-order valence-corrected chi connectivity index (χ1v) is 6.77. The molecule has 0 saturated carbocycles. The average Bonchev–Trinajstić information content (AvgIpc) is 2.43. The molecule has 0 aromatic heterocycles. The van der Waals surface area contributed by atoms with Crippen LogP contribution < -0.4 is 10.5 Å². The second kappa shape index (κ2) is 6.92. The summed E-state index contributed by atoms with van der Waals surface area (Å²) < 4.78 is 19.1. The zero-order valence-electron chi connectivity index (χ0n) is 12.2. The molecule has 3 heteroatoms. The Labute approximate surface area is 124 Å². The zero-order valence-corrected chi connectivity index (χ0v) is 12.2. The van der Waals surface area contributed by atoms with Gasteiger partial charge in [0.2, 0.25) is 0 Å². The van der Waals surface area contributed by atoms with Crippen molar-refractivity contribution < 1.29 is 9.13 Å². The topological polar surface area (TPSA) is 35.2 Å². The summed E-state index contributed by atoms with van der Waals surface area (Å²) in [5, 5.41) is 0. The van der Waals surface area contributed by atoms with E-state index in [0.717, 1.165) is 22.4 Å². The molecular weight excluding hydrogens is 265 g/mol. The van der Waals surface area contributed by atoms with E-state index in [1.54, 1.807) is 6.07 Å². The molecule has 0 unspecified atom stereocenters. The lowest BCUT2D eigenvalue weighted by Gasteiger charge is -2.10. The van der Waals surface area contributed by atoms with Crippen molar-refractivity contribution in [2.75, 3.05) is 6.54 Å². The lowest BCUT2D eigenvalue weighted by Crippen LogP contribution is -2.00. The van der Waals surface area contributed by atoms with Gasteiger partial charge in [0, 0.05) is 11.1 Å². The third kappa shape index (κ3) is 4.34. The number of nitrogens with two attached hydrogens (primary N) is 1. The SMILES string of the molecule is Cc1cc(C)cc(OCc2ccc(F)cc2C#CCN)c1. The van der Waals surface area contributed by atoms with Crippen LogP contribution in [0.25, 0.3) is 0 Å². The summed E-state index contributed by atoms with van der Waals surface area (Å²) in [6.45, 7) is 4.64. The molecule has 0 fully saturated rings. The molecule has 0 radical (unpaired) electrons. The van der Waals surface area contributed by atoms with E-state index in [-0.39, 0.29) is 12.4 Å². The van der Waals surface area contributed by atoms with E-state index in [1.165, 1.54) is 12.1 Å². The van der Waals surface area contributed by atoms with Crippen molar-refractivity contribution in [3.63, 3.8) is 0 Å². The van der Waals surface area contributed by atoms with Crippen molar-refractivity contribution >= 4 is 0 Å². The van der Waals surface area contributed by atoms with Crippen LogP contribution in [0.2, 0.25) is 0 Å². The van der Waals surface area contributed by atoms with E-state index >= 15 is 0 Å². The number of hydrogen-bond donors (Lipinski definition) is 1. The van der Waals surface area contributed by atoms with E-state index < -0.39 is 0 Å². The first-order valence-electron chi connectivity index (χ1n) is 6.77. The zero-order chi connectivity index (χ0) is 15.2. The van der Waals surface area contributed by atoms with E-state index in [1.807, 2.05) is 26.0 Å². The highest BCUT2D eigenvalue weighted by atomic mass is 19.1. The fraction of sp³-hybridized carbons (Fsp3) is 0.222. The van der Waals surface area contributed by atoms with Crippen molar-refractivity contribution in [3.8, 4) is 17.6 Å². The minimum Gasteiger partial charge on any atom is -0.489 e. The Hall–Kier alpha value is -2.31. The van der Waals surface area contributed by atoms with Crippen LogP contribution in [0.4, 0.5) is 4.39 Å². The van der Waals surface area contributed by atoms with Crippen molar-refractivity contribution in [1.82, 2.24) is 0 Å². The van der Waals surface area contributed by atoms with E-state index in [9.17, 15) is 4.39 Å². The van der Waals surface area contributed by atoms with Gasteiger partial charge in [0.25, 0.3) is 0 Å². The second-order valence-corrected chi connectivity index (χ2v) is 4.92. The lowest BCUT2D eigenvalue weighted by atomic mass is 10.1. The molecule has 0 amide bonds. The van der Waals surface area contributed by atoms with Crippen molar-refractivity contribution in [2.45, 2.75) is 20.5 Å². The number of ether oxygens (including phenoxy) is 1. The molecule has 2 nitrogen and oxygen atoms in total. The number of hydrogen-bond acceptors (Lipinski definition) is 2. The maximum Gasteiger partial charge on any atom is 0.124 e. The predicted octanol–water partition coefficient (Wildman–Crippen LogP) is 3.33.